The SMILES string of the molecule is C/C(=N\N1CCOCC1)c1c(C)nc(-c2ccco2)[nH]c1=O. The first-order chi connectivity index (χ1) is 10.6. The number of morpholine rings is 1. The Morgan fingerprint density at radius 2 is 2.18 bits per heavy atom. The molecule has 1 N–H and O–H groups in total. The summed E-state index contributed by atoms with van der Waals surface area (Å²) in [6, 6.07) is 3.51. The molecule has 1 fully saturated rings. The van der Waals surface area contributed by atoms with Crippen molar-refractivity contribution < 1.29 is 9.15 Å². The highest BCUT2D eigenvalue weighted by Gasteiger charge is 2.15. The molecule has 1 aliphatic heterocycles. The third-order valence-corrected chi connectivity index (χ3v) is 3.50. The Kier molecular flexibility index (Phi) is 4.06. The monoisotopic (exact) mass is 302 g/mol. The molecule has 0 amide bonds. The Morgan fingerprint density at radius 1 is 1.41 bits per heavy atom. The lowest BCUT2D eigenvalue weighted by molar-refractivity contribution is 0.0393. The smallest absolute Gasteiger partial charge is 0.260 e. The molecule has 0 bridgehead atoms. The summed E-state index contributed by atoms with van der Waals surface area (Å²) < 4.78 is 10.6. The molecule has 1 saturated heterocycles. The van der Waals surface area contributed by atoms with E-state index in [0.717, 1.165) is 13.1 Å². The summed E-state index contributed by atoms with van der Waals surface area (Å²) in [6.07, 6.45) is 1.55. The lowest BCUT2D eigenvalue weighted by Gasteiger charge is -2.24. The van der Waals surface area contributed by atoms with Crippen molar-refractivity contribution in [3.05, 3.63) is 40.0 Å². The van der Waals surface area contributed by atoms with E-state index in [9.17, 15) is 4.79 Å². The molecular weight excluding hydrogens is 284 g/mol. The molecule has 0 spiro atoms. The van der Waals surface area contributed by atoms with Crippen LogP contribution in [0.4, 0.5) is 0 Å². The number of aromatic amines is 1. The Morgan fingerprint density at radius 3 is 2.82 bits per heavy atom. The Labute approximate surface area is 127 Å². The number of H-pyrrole nitrogens is 1. The van der Waals surface area contributed by atoms with Crippen molar-refractivity contribution in [1.29, 1.82) is 0 Å². The molecule has 7 heteroatoms. The minimum atomic E-state index is -0.214. The number of hydrogen-bond donors (Lipinski definition) is 1. The predicted octanol–water partition coefficient (Wildman–Crippen LogP) is 1.39. The van der Waals surface area contributed by atoms with Gasteiger partial charge in [-0.2, -0.15) is 5.10 Å². The molecule has 3 rings (SSSR count). The maximum Gasteiger partial charge on any atom is 0.260 e. The van der Waals surface area contributed by atoms with Crippen LogP contribution in [0.1, 0.15) is 18.2 Å². The Hall–Kier alpha value is -2.41. The molecular formula is C15H18N4O3. The molecule has 0 atom stereocenters. The van der Waals surface area contributed by atoms with Gasteiger partial charge in [0.05, 0.1) is 49.5 Å². The van der Waals surface area contributed by atoms with E-state index in [0.29, 0.717) is 41.8 Å². The molecule has 0 radical (unpaired) electrons. The van der Waals surface area contributed by atoms with Gasteiger partial charge in [-0.15, -0.1) is 0 Å². The molecule has 0 saturated carbocycles. The lowest BCUT2D eigenvalue weighted by atomic mass is 10.1. The summed E-state index contributed by atoms with van der Waals surface area (Å²) in [6.45, 7) is 6.39. The molecule has 0 aromatic carbocycles. The number of hydrogen-bond acceptors (Lipinski definition) is 6. The van der Waals surface area contributed by atoms with Gasteiger partial charge in [0.25, 0.3) is 5.56 Å². The van der Waals surface area contributed by atoms with Crippen molar-refractivity contribution in [3.8, 4) is 11.6 Å². The van der Waals surface area contributed by atoms with Gasteiger partial charge in [0.15, 0.2) is 11.6 Å². The van der Waals surface area contributed by atoms with Crippen molar-refractivity contribution >= 4 is 5.71 Å². The van der Waals surface area contributed by atoms with Crippen molar-refractivity contribution in [3.63, 3.8) is 0 Å². The summed E-state index contributed by atoms with van der Waals surface area (Å²) in [7, 11) is 0. The summed E-state index contributed by atoms with van der Waals surface area (Å²) in [5.74, 6) is 0.963. The van der Waals surface area contributed by atoms with Gasteiger partial charge >= 0.3 is 0 Å². The zero-order valence-electron chi connectivity index (χ0n) is 12.6. The van der Waals surface area contributed by atoms with Gasteiger partial charge in [-0.25, -0.2) is 4.98 Å². The second kappa shape index (κ2) is 6.15. The fourth-order valence-corrected chi connectivity index (χ4v) is 2.46. The highest BCUT2D eigenvalue weighted by atomic mass is 16.5. The van der Waals surface area contributed by atoms with Crippen molar-refractivity contribution in [2.75, 3.05) is 26.3 Å². The fourth-order valence-electron chi connectivity index (χ4n) is 2.46. The van der Waals surface area contributed by atoms with Crippen molar-refractivity contribution in [1.82, 2.24) is 15.0 Å². The number of furan rings is 1. The van der Waals surface area contributed by atoms with Gasteiger partial charge < -0.3 is 14.1 Å². The van der Waals surface area contributed by atoms with E-state index in [1.807, 2.05) is 11.9 Å². The quantitative estimate of drug-likeness (QED) is 0.866. The number of aromatic nitrogens is 2. The second-order valence-electron chi connectivity index (χ2n) is 5.10. The third-order valence-electron chi connectivity index (χ3n) is 3.50. The van der Waals surface area contributed by atoms with Gasteiger partial charge in [-0.1, -0.05) is 0 Å². The van der Waals surface area contributed by atoms with Crippen LogP contribution in [-0.2, 0) is 4.74 Å². The summed E-state index contributed by atoms with van der Waals surface area (Å²) in [4.78, 5) is 19.5. The van der Waals surface area contributed by atoms with Gasteiger partial charge in [0.2, 0.25) is 0 Å². The van der Waals surface area contributed by atoms with Crippen LogP contribution in [0.3, 0.4) is 0 Å². The predicted molar refractivity (Wildman–Crippen MR) is 81.9 cm³/mol. The molecule has 2 aromatic heterocycles. The molecule has 0 aliphatic carbocycles. The third kappa shape index (κ3) is 2.94. The van der Waals surface area contributed by atoms with E-state index >= 15 is 0 Å². The molecule has 1 aliphatic rings. The highest BCUT2D eigenvalue weighted by Crippen LogP contribution is 2.15. The first-order valence-electron chi connectivity index (χ1n) is 7.18. The van der Waals surface area contributed by atoms with E-state index in [1.165, 1.54) is 0 Å². The van der Waals surface area contributed by atoms with Crippen molar-refractivity contribution in [2.24, 2.45) is 5.10 Å². The van der Waals surface area contributed by atoms with Crippen molar-refractivity contribution in [2.45, 2.75) is 13.8 Å². The van der Waals surface area contributed by atoms with Crippen LogP contribution >= 0.6 is 0 Å². The first kappa shape index (κ1) is 14.5. The topological polar surface area (TPSA) is 83.7 Å². The number of nitrogens with one attached hydrogen (secondary N) is 1. The molecule has 22 heavy (non-hydrogen) atoms. The standard InChI is InChI=1S/C15H18N4O3/c1-10-13(11(2)18-19-5-8-21-9-6-19)15(20)17-14(16-10)12-4-3-7-22-12/h3-4,7H,5-6,8-9H2,1-2H3,(H,16,17,20)/b18-11+. The van der Waals surface area contributed by atoms with E-state index in [1.54, 1.807) is 25.3 Å². The average molecular weight is 302 g/mol. The van der Waals surface area contributed by atoms with E-state index in [4.69, 9.17) is 9.15 Å². The Balaban J connectivity index is 1.93. The number of nitrogens with zero attached hydrogens (tertiary/aromatic N) is 3. The van der Waals surface area contributed by atoms with Gasteiger partial charge in [-0.05, 0) is 26.0 Å². The van der Waals surface area contributed by atoms with E-state index in [-0.39, 0.29) is 5.56 Å². The van der Waals surface area contributed by atoms with E-state index < -0.39 is 0 Å². The normalized spacial score (nSPS) is 16.1. The first-order valence-corrected chi connectivity index (χ1v) is 7.18. The maximum atomic E-state index is 12.4. The second-order valence-corrected chi connectivity index (χ2v) is 5.10. The molecule has 116 valence electrons. The highest BCUT2D eigenvalue weighted by molar-refractivity contribution is 5.99. The van der Waals surface area contributed by atoms with Gasteiger partial charge in [0, 0.05) is 0 Å². The number of rotatable bonds is 3. The molecule has 7 nitrogen and oxygen atoms in total. The molecule has 3 heterocycles. The van der Waals surface area contributed by atoms with Gasteiger partial charge in [-0.3, -0.25) is 9.80 Å². The van der Waals surface area contributed by atoms with Crippen LogP contribution in [0.15, 0.2) is 32.7 Å². The number of aryl methyl sites for hydroxylation is 1. The Bertz CT molecular complexity index is 728. The summed E-state index contributed by atoms with van der Waals surface area (Å²) in [5, 5.41) is 6.42. The number of hydrazone groups is 1. The maximum absolute atomic E-state index is 12.4. The average Bonchev–Trinajstić information content (AvgIpc) is 3.01. The van der Waals surface area contributed by atoms with Crippen LogP contribution in [0.2, 0.25) is 0 Å². The van der Waals surface area contributed by atoms with Crippen LogP contribution in [0, 0.1) is 6.92 Å². The number of ether oxygens (including phenoxy) is 1. The summed E-state index contributed by atoms with van der Waals surface area (Å²) in [5.41, 5.74) is 1.57. The van der Waals surface area contributed by atoms with Crippen LogP contribution in [-0.4, -0.2) is 47.0 Å². The fraction of sp³-hybridized carbons (Fsp3) is 0.400. The van der Waals surface area contributed by atoms with Crippen LogP contribution < -0.4 is 5.56 Å². The van der Waals surface area contributed by atoms with E-state index in [2.05, 4.69) is 15.1 Å². The zero-order valence-corrected chi connectivity index (χ0v) is 12.6. The van der Waals surface area contributed by atoms with Crippen LogP contribution in [0.25, 0.3) is 11.6 Å². The van der Waals surface area contributed by atoms with Crippen LogP contribution in [0.5, 0.6) is 0 Å². The lowest BCUT2D eigenvalue weighted by Crippen LogP contribution is -2.33. The molecule has 0 unspecified atom stereocenters. The minimum absolute atomic E-state index is 0.214. The summed E-state index contributed by atoms with van der Waals surface area (Å²) >= 11 is 0. The van der Waals surface area contributed by atoms with Gasteiger partial charge in [0.1, 0.15) is 0 Å². The zero-order chi connectivity index (χ0) is 15.5. The molecule has 2 aromatic rings. The largest absolute Gasteiger partial charge is 0.461 e. The minimum Gasteiger partial charge on any atom is -0.461 e.